The second kappa shape index (κ2) is 8.10. The second-order valence-electron chi connectivity index (χ2n) is 6.18. The predicted octanol–water partition coefficient (Wildman–Crippen LogP) is 4.08. The Labute approximate surface area is 156 Å². The molecule has 134 valence electrons. The second-order valence-corrected chi connectivity index (χ2v) is 7.47. The van der Waals surface area contributed by atoms with Crippen LogP contribution in [0.15, 0.2) is 55.1 Å². The maximum atomic E-state index is 12.1. The summed E-state index contributed by atoms with van der Waals surface area (Å²) in [5.41, 5.74) is 2.03. The minimum Gasteiger partial charge on any atom is -0.350 e. The van der Waals surface area contributed by atoms with Gasteiger partial charge in [-0.3, -0.25) is 9.59 Å². The quantitative estimate of drug-likeness (QED) is 0.640. The van der Waals surface area contributed by atoms with E-state index in [0.717, 1.165) is 21.0 Å². The van der Waals surface area contributed by atoms with E-state index in [1.54, 1.807) is 12.5 Å². The molecular weight excluding hydrogens is 346 g/mol. The smallest absolute Gasteiger partial charge is 0.220 e. The van der Waals surface area contributed by atoms with Crippen LogP contribution in [0.2, 0.25) is 0 Å². The molecule has 1 atom stereocenters. The van der Waals surface area contributed by atoms with E-state index in [0.29, 0.717) is 0 Å². The van der Waals surface area contributed by atoms with Crippen molar-refractivity contribution >= 4 is 23.0 Å². The minimum absolute atomic E-state index is 0.0237. The number of nitrogens with one attached hydrogen (secondary N) is 1. The van der Waals surface area contributed by atoms with Crippen molar-refractivity contribution in [2.45, 2.75) is 32.7 Å². The molecule has 0 aliphatic carbocycles. The third kappa shape index (κ3) is 4.46. The highest BCUT2D eigenvalue weighted by Gasteiger charge is 2.13. The van der Waals surface area contributed by atoms with Crippen molar-refractivity contribution in [3.05, 3.63) is 70.4 Å². The summed E-state index contributed by atoms with van der Waals surface area (Å²) in [7, 11) is 0. The number of amides is 1. The lowest BCUT2D eigenvalue weighted by molar-refractivity contribution is -0.121. The van der Waals surface area contributed by atoms with Gasteiger partial charge in [0.1, 0.15) is 0 Å². The van der Waals surface area contributed by atoms with Crippen LogP contribution in [0.3, 0.4) is 0 Å². The van der Waals surface area contributed by atoms with E-state index in [2.05, 4.69) is 10.3 Å². The van der Waals surface area contributed by atoms with Gasteiger partial charge >= 0.3 is 0 Å². The van der Waals surface area contributed by atoms with Crippen LogP contribution in [0.5, 0.6) is 0 Å². The van der Waals surface area contributed by atoms with Gasteiger partial charge in [-0.25, -0.2) is 4.98 Å². The van der Waals surface area contributed by atoms with Crippen LogP contribution >= 0.6 is 11.3 Å². The van der Waals surface area contributed by atoms with Gasteiger partial charge in [0, 0.05) is 35.8 Å². The Morgan fingerprint density at radius 1 is 1.15 bits per heavy atom. The highest BCUT2D eigenvalue weighted by Crippen LogP contribution is 2.18. The predicted molar refractivity (Wildman–Crippen MR) is 103 cm³/mol. The summed E-state index contributed by atoms with van der Waals surface area (Å²) in [6.45, 7) is 3.91. The van der Waals surface area contributed by atoms with Gasteiger partial charge in [-0.2, -0.15) is 0 Å². The van der Waals surface area contributed by atoms with Crippen LogP contribution in [0, 0.1) is 6.92 Å². The van der Waals surface area contributed by atoms with Gasteiger partial charge in [0.2, 0.25) is 5.91 Å². The summed E-state index contributed by atoms with van der Waals surface area (Å²) in [6.07, 6.45) is 5.79. The lowest BCUT2D eigenvalue weighted by Gasteiger charge is -2.15. The number of nitrogens with zero attached hydrogens (tertiary/aromatic N) is 2. The van der Waals surface area contributed by atoms with E-state index < -0.39 is 0 Å². The Kier molecular flexibility index (Phi) is 5.63. The molecule has 6 heteroatoms. The zero-order valence-electron chi connectivity index (χ0n) is 14.8. The largest absolute Gasteiger partial charge is 0.350 e. The fourth-order valence-electron chi connectivity index (χ4n) is 2.68. The molecule has 0 bridgehead atoms. The molecular formula is C20H21N3O2S. The highest BCUT2D eigenvalue weighted by atomic mass is 32.1. The lowest BCUT2D eigenvalue weighted by Crippen LogP contribution is -2.26. The van der Waals surface area contributed by atoms with Crippen molar-refractivity contribution in [1.82, 2.24) is 14.9 Å². The average Bonchev–Trinajstić information content (AvgIpc) is 3.31. The minimum atomic E-state index is -0.113. The van der Waals surface area contributed by atoms with E-state index in [-0.39, 0.29) is 30.6 Å². The summed E-state index contributed by atoms with van der Waals surface area (Å²) in [4.78, 5) is 30.1. The van der Waals surface area contributed by atoms with E-state index in [1.165, 1.54) is 11.3 Å². The van der Waals surface area contributed by atoms with Crippen LogP contribution in [-0.4, -0.2) is 21.2 Å². The zero-order chi connectivity index (χ0) is 18.5. The molecule has 5 nitrogen and oxygen atoms in total. The molecule has 1 aromatic carbocycles. The standard InChI is InChI=1S/C20H21N3O2S/c1-14-3-9-19(26-14)18(24)8-10-20(25)22-15(2)16-4-6-17(7-5-16)23-12-11-21-13-23/h3-7,9,11-13,15H,8,10H2,1-2H3,(H,22,25)/t15-/m0/s1. The summed E-state index contributed by atoms with van der Waals surface area (Å²) in [6, 6.07) is 11.6. The monoisotopic (exact) mass is 367 g/mol. The summed E-state index contributed by atoms with van der Waals surface area (Å²) in [5.74, 6) is -0.0894. The molecule has 3 aromatic rings. The Hall–Kier alpha value is -2.73. The van der Waals surface area contributed by atoms with Crippen LogP contribution in [0.4, 0.5) is 0 Å². The molecule has 0 fully saturated rings. The molecule has 0 spiro atoms. The average molecular weight is 367 g/mol. The normalized spacial score (nSPS) is 11.9. The Morgan fingerprint density at radius 3 is 2.54 bits per heavy atom. The Balaban J connectivity index is 1.51. The SMILES string of the molecule is Cc1ccc(C(=O)CCC(=O)N[C@@H](C)c2ccc(-n3ccnc3)cc2)s1. The van der Waals surface area contributed by atoms with Gasteiger partial charge in [0.25, 0.3) is 0 Å². The third-order valence-corrected chi connectivity index (χ3v) is 5.21. The first-order chi connectivity index (χ1) is 12.5. The maximum Gasteiger partial charge on any atom is 0.220 e. The number of benzene rings is 1. The van der Waals surface area contributed by atoms with Crippen molar-refractivity contribution < 1.29 is 9.59 Å². The molecule has 2 aromatic heterocycles. The first-order valence-corrected chi connectivity index (χ1v) is 9.32. The first kappa shape index (κ1) is 18.1. The van der Waals surface area contributed by atoms with Gasteiger partial charge in [0.05, 0.1) is 17.2 Å². The number of aryl methyl sites for hydroxylation is 1. The van der Waals surface area contributed by atoms with Gasteiger partial charge in [-0.15, -0.1) is 11.3 Å². The summed E-state index contributed by atoms with van der Waals surface area (Å²) >= 11 is 1.47. The van der Waals surface area contributed by atoms with Gasteiger partial charge in [0.15, 0.2) is 5.78 Å². The molecule has 0 unspecified atom stereocenters. The number of rotatable bonds is 7. The first-order valence-electron chi connectivity index (χ1n) is 8.50. The van der Waals surface area contributed by atoms with Gasteiger partial charge in [-0.05, 0) is 43.7 Å². The van der Waals surface area contributed by atoms with E-state index in [1.807, 2.05) is 61.0 Å². The summed E-state index contributed by atoms with van der Waals surface area (Å²) < 4.78 is 1.92. The fraction of sp³-hybridized carbons (Fsp3) is 0.250. The topological polar surface area (TPSA) is 64.0 Å². The number of ketones is 1. The fourth-order valence-corrected chi connectivity index (χ4v) is 3.51. The molecule has 0 saturated carbocycles. The number of thiophene rings is 1. The number of hydrogen-bond acceptors (Lipinski definition) is 4. The molecule has 0 aliphatic heterocycles. The number of carbonyl (C=O) groups is 2. The van der Waals surface area contributed by atoms with Crippen molar-refractivity contribution in [3.63, 3.8) is 0 Å². The van der Waals surface area contributed by atoms with Gasteiger partial charge in [-0.1, -0.05) is 12.1 Å². The van der Waals surface area contributed by atoms with Crippen molar-refractivity contribution in [2.75, 3.05) is 0 Å². The number of imidazole rings is 1. The van der Waals surface area contributed by atoms with Crippen molar-refractivity contribution in [2.24, 2.45) is 0 Å². The molecule has 1 N–H and O–H groups in total. The van der Waals surface area contributed by atoms with Crippen molar-refractivity contribution in [1.29, 1.82) is 0 Å². The molecule has 3 rings (SSSR count). The number of Topliss-reactive ketones (excluding diaryl/α,β-unsaturated/α-hetero) is 1. The third-order valence-electron chi connectivity index (χ3n) is 4.17. The van der Waals surface area contributed by atoms with Gasteiger partial charge < -0.3 is 9.88 Å². The van der Waals surface area contributed by atoms with Crippen LogP contribution in [0.25, 0.3) is 5.69 Å². The molecule has 2 heterocycles. The molecule has 0 saturated heterocycles. The van der Waals surface area contributed by atoms with E-state index in [4.69, 9.17) is 0 Å². The van der Waals surface area contributed by atoms with Crippen LogP contribution < -0.4 is 5.32 Å². The van der Waals surface area contributed by atoms with Crippen LogP contribution in [0.1, 0.15) is 45.9 Å². The zero-order valence-corrected chi connectivity index (χ0v) is 15.6. The molecule has 0 radical (unpaired) electrons. The number of aromatic nitrogens is 2. The number of hydrogen-bond donors (Lipinski definition) is 1. The highest BCUT2D eigenvalue weighted by molar-refractivity contribution is 7.14. The number of carbonyl (C=O) groups excluding carboxylic acids is 2. The lowest BCUT2D eigenvalue weighted by atomic mass is 10.1. The van der Waals surface area contributed by atoms with Crippen molar-refractivity contribution in [3.8, 4) is 5.69 Å². The van der Waals surface area contributed by atoms with Crippen LogP contribution in [-0.2, 0) is 4.79 Å². The molecule has 26 heavy (non-hydrogen) atoms. The molecule has 1 amide bonds. The Morgan fingerprint density at radius 2 is 1.92 bits per heavy atom. The summed E-state index contributed by atoms with van der Waals surface area (Å²) in [5, 5.41) is 2.96. The Bertz CT molecular complexity index is 882. The van der Waals surface area contributed by atoms with E-state index in [9.17, 15) is 9.59 Å². The molecule has 0 aliphatic rings. The maximum absolute atomic E-state index is 12.1. The van der Waals surface area contributed by atoms with E-state index >= 15 is 0 Å².